The highest BCUT2D eigenvalue weighted by Gasteiger charge is 2.38. The molecule has 3 aromatic heterocycles. The molecule has 116 heavy (non-hydrogen) atoms. The van der Waals surface area contributed by atoms with Gasteiger partial charge in [0.25, 0.3) is 0 Å². The number of hydrogen-bond acceptors (Lipinski definition) is 27. The fraction of sp³-hybridized carbons (Fsp3) is 0.573. The first-order valence-electron chi connectivity index (χ1n) is 38.6. The Morgan fingerprint density at radius 3 is 0.983 bits per heavy atom. The zero-order valence-electron chi connectivity index (χ0n) is 64.7. The number of anilines is 6. The molecular weight excluding hydrogens is 1540 g/mol. The van der Waals surface area contributed by atoms with E-state index in [0.29, 0.717) is 61.6 Å². The Balaban J connectivity index is 0.000000184. The number of likely N-dealkylation sites (N-methyl/N-ethyl adjacent to an activating group) is 1. The zero-order valence-corrected chi connectivity index (χ0v) is 64.7. The maximum atomic E-state index is 12.7. The molecule has 2 amide bonds. The normalized spacial score (nSPS) is 22.0. The summed E-state index contributed by atoms with van der Waals surface area (Å²) < 4.78 is 126. The van der Waals surface area contributed by atoms with Crippen LogP contribution in [-0.2, 0) is 29.2 Å². The first kappa shape index (κ1) is 87.8. The van der Waals surface area contributed by atoms with Crippen molar-refractivity contribution in [2.24, 2.45) is 17.8 Å². The summed E-state index contributed by atoms with van der Waals surface area (Å²) >= 11 is 0. The average Bonchev–Trinajstić information content (AvgIpc) is 0.891. The standard InChI is InChI=1S/2C25H32F3N7O4.C25H34F3N7O3/c2*1-16(36)32-19-10-11-34(15-19)20-8-6-17(7-9-20)12-29-23-21(35(37)38)14-31-24(33-23)30-13-18-4-2-3-5-22(18)39-25(26,27)28;1-33(2)20-11-12-34(16-20)19-9-7-17(8-10-19)13-29-23-21(35(36)37)15-31-24(32-23)30-14-18-5-3-4-6-22(18)38-25(26,27)28/h2*2-5,14,17,19-20H,6-13,15H2,1H3,(H,32,36)(H2,29,30,31,33);3-6,15,17,19-20H,7-14,16H2,1-2H3,(H2,29,30,31,32)/t2*17?,19-,20?;17?,19?,20-/m101/s1. The highest BCUT2D eigenvalue weighted by Crippen LogP contribution is 2.37. The van der Waals surface area contributed by atoms with E-state index in [0.717, 1.165) is 148 Å². The second-order valence-corrected chi connectivity index (χ2v) is 30.0. The number of nitro groups is 3. The maximum absolute atomic E-state index is 12.7. The molecule has 6 aromatic rings. The molecule has 3 saturated heterocycles. The molecule has 3 atom stereocenters. The molecule has 3 aliphatic heterocycles. The van der Waals surface area contributed by atoms with E-state index in [2.05, 4.69) is 120 Å². The second kappa shape index (κ2) is 40.8. The highest BCUT2D eigenvalue weighted by atomic mass is 19.4. The van der Waals surface area contributed by atoms with Crippen molar-refractivity contribution in [3.05, 3.63) is 138 Å². The Bertz CT molecular complexity index is 4070. The van der Waals surface area contributed by atoms with Crippen molar-refractivity contribution in [3.8, 4) is 17.2 Å². The van der Waals surface area contributed by atoms with Crippen molar-refractivity contribution in [1.82, 2.24) is 60.1 Å². The number of halogens is 9. The lowest BCUT2D eigenvalue weighted by molar-refractivity contribution is -0.384. The third-order valence-electron chi connectivity index (χ3n) is 21.7. The molecule has 0 radical (unpaired) electrons. The van der Waals surface area contributed by atoms with Crippen LogP contribution in [0.4, 0.5) is 91.9 Å². The summed E-state index contributed by atoms with van der Waals surface area (Å²) in [5, 5.41) is 58.4. The lowest BCUT2D eigenvalue weighted by atomic mass is 9.85. The van der Waals surface area contributed by atoms with Crippen LogP contribution in [0.3, 0.4) is 0 Å². The molecule has 41 heteroatoms. The minimum atomic E-state index is -4.83. The van der Waals surface area contributed by atoms with Crippen LogP contribution < -0.4 is 56.7 Å². The SMILES string of the molecule is CC(=O)N[C@@H]1CCN(C2CCC(CNc3nc(NCc4ccccc4OC(F)(F)F)ncc3[N+](=O)[O-])CC2)C1.CC(=O)N[C@H]1CCN(C2CCC(CNc3nc(NCc4ccccc4OC(F)(F)F)ncc3[N+](=O)[O-])CC2)C1.CN(C)[C@@H]1CCN(C2CCC(CNc3nc(NCc4ccccc4OC(F)(F)F)ncc3[N+](=O)[O-])CC2)C1. The van der Waals surface area contributed by atoms with Gasteiger partial charge in [-0.3, -0.25) is 54.6 Å². The van der Waals surface area contributed by atoms with Gasteiger partial charge in [0.1, 0.15) is 35.8 Å². The zero-order chi connectivity index (χ0) is 83.3. The van der Waals surface area contributed by atoms with Gasteiger partial charge in [-0.05, 0) is 146 Å². The first-order valence-corrected chi connectivity index (χ1v) is 38.6. The fourth-order valence-corrected chi connectivity index (χ4v) is 15.8. The Labute approximate surface area is 663 Å². The van der Waals surface area contributed by atoms with Gasteiger partial charge in [-0.25, -0.2) is 15.0 Å². The average molecular weight is 1640 g/mol. The number of nitrogens with one attached hydrogen (secondary N) is 8. The quantitative estimate of drug-likeness (QED) is 0.0118. The summed E-state index contributed by atoms with van der Waals surface area (Å²) in [4.78, 5) is 89.9. The van der Waals surface area contributed by atoms with Crippen molar-refractivity contribution in [2.75, 3.05) is 105 Å². The maximum Gasteiger partial charge on any atom is 0.573 e. The molecule has 0 unspecified atom stereocenters. The summed E-state index contributed by atoms with van der Waals surface area (Å²) in [5.74, 6) is 0.270. The van der Waals surface area contributed by atoms with Gasteiger partial charge >= 0.3 is 36.1 Å². The molecule has 8 N–H and O–H groups in total. The van der Waals surface area contributed by atoms with Crippen LogP contribution in [0.1, 0.15) is 127 Å². The molecule has 3 aromatic carbocycles. The van der Waals surface area contributed by atoms with Crippen LogP contribution in [0.2, 0.25) is 0 Å². The Hall–Kier alpha value is -10.6. The summed E-state index contributed by atoms with van der Waals surface area (Å²) in [6, 6.07) is 19.6. The second-order valence-electron chi connectivity index (χ2n) is 30.0. The molecule has 3 saturated carbocycles. The van der Waals surface area contributed by atoms with Crippen molar-refractivity contribution in [1.29, 1.82) is 0 Å². The topological polar surface area (TPSA) is 378 Å². The summed E-state index contributed by atoms with van der Waals surface area (Å²) in [5.41, 5.74) is -0.120. The Morgan fingerprint density at radius 1 is 0.431 bits per heavy atom. The highest BCUT2D eigenvalue weighted by molar-refractivity contribution is 5.73. The van der Waals surface area contributed by atoms with Crippen LogP contribution >= 0.6 is 0 Å². The molecular formula is C75H98F9N21O11. The van der Waals surface area contributed by atoms with Crippen molar-refractivity contribution in [2.45, 2.75) is 185 Å². The lowest BCUT2D eigenvalue weighted by Crippen LogP contribution is -2.41. The van der Waals surface area contributed by atoms with Crippen molar-refractivity contribution < 1.29 is 78.1 Å². The van der Waals surface area contributed by atoms with E-state index in [1.807, 2.05) is 0 Å². The van der Waals surface area contributed by atoms with E-state index in [1.165, 1.54) is 74.9 Å². The third-order valence-corrected chi connectivity index (χ3v) is 21.7. The molecule has 0 spiro atoms. The van der Waals surface area contributed by atoms with Gasteiger partial charge in [0.05, 0.1) is 14.8 Å². The van der Waals surface area contributed by atoms with Gasteiger partial charge in [-0.15, -0.1) is 39.5 Å². The van der Waals surface area contributed by atoms with Crippen LogP contribution in [0.25, 0.3) is 0 Å². The number of ether oxygens (including phenoxy) is 3. The fourth-order valence-electron chi connectivity index (χ4n) is 15.8. The van der Waals surface area contributed by atoms with E-state index in [1.54, 1.807) is 18.2 Å². The molecule has 32 nitrogen and oxygen atoms in total. The monoisotopic (exact) mass is 1640 g/mol. The van der Waals surface area contributed by atoms with Gasteiger partial charge in [-0.2, -0.15) is 15.0 Å². The number of carbonyl (C=O) groups is 2. The van der Waals surface area contributed by atoms with Crippen LogP contribution in [0.15, 0.2) is 91.4 Å². The predicted molar refractivity (Wildman–Crippen MR) is 411 cm³/mol. The number of rotatable bonds is 30. The predicted octanol–water partition coefficient (Wildman–Crippen LogP) is 12.7. The number of aromatic nitrogens is 6. The Morgan fingerprint density at radius 2 is 0.716 bits per heavy atom. The van der Waals surface area contributed by atoms with Gasteiger partial charge in [0.2, 0.25) is 47.1 Å². The summed E-state index contributed by atoms with van der Waals surface area (Å²) in [6.07, 6.45) is 4.00. The minimum absolute atomic E-state index is 0.00547. The minimum Gasteiger partial charge on any atom is -0.405 e. The molecule has 0 bridgehead atoms. The number of likely N-dealkylation sites (tertiary alicyclic amines) is 3. The summed E-state index contributed by atoms with van der Waals surface area (Å²) in [6.45, 7) is 10.3. The van der Waals surface area contributed by atoms with Gasteiger partial charge in [0.15, 0.2) is 0 Å². The van der Waals surface area contributed by atoms with E-state index in [-0.39, 0.29) is 130 Å². The largest absolute Gasteiger partial charge is 0.573 e. The molecule has 3 aliphatic carbocycles. The lowest BCUT2D eigenvalue weighted by Gasteiger charge is -2.35. The number of carbonyl (C=O) groups excluding carboxylic acids is 2. The van der Waals surface area contributed by atoms with Crippen molar-refractivity contribution >= 4 is 64.2 Å². The van der Waals surface area contributed by atoms with E-state index in [4.69, 9.17) is 0 Å². The van der Waals surface area contributed by atoms with Crippen LogP contribution in [-0.4, -0.2) is 204 Å². The number of amides is 2. The van der Waals surface area contributed by atoms with Gasteiger partial charge < -0.3 is 61.6 Å². The molecule has 12 rings (SSSR count). The van der Waals surface area contributed by atoms with Gasteiger partial charge in [0, 0.05) is 145 Å². The number of para-hydroxylation sites is 3. The molecule has 6 fully saturated rings. The number of hydrogen-bond donors (Lipinski definition) is 8. The van der Waals surface area contributed by atoms with Crippen molar-refractivity contribution in [3.63, 3.8) is 0 Å². The number of benzene rings is 3. The van der Waals surface area contributed by atoms with Gasteiger partial charge in [-0.1, -0.05) is 54.6 Å². The first-order chi connectivity index (χ1) is 55.2. The molecule has 632 valence electrons. The summed E-state index contributed by atoms with van der Waals surface area (Å²) in [7, 11) is 4.26. The van der Waals surface area contributed by atoms with E-state index < -0.39 is 33.9 Å². The van der Waals surface area contributed by atoms with E-state index in [9.17, 15) is 79.4 Å². The number of nitrogens with zero attached hydrogens (tertiary/aromatic N) is 13. The van der Waals surface area contributed by atoms with Crippen LogP contribution in [0.5, 0.6) is 17.2 Å². The smallest absolute Gasteiger partial charge is 0.405 e. The third kappa shape index (κ3) is 27.3. The van der Waals surface area contributed by atoms with Crippen LogP contribution in [0, 0.1) is 48.1 Å². The Kier molecular flexibility index (Phi) is 30.9. The van der Waals surface area contributed by atoms with E-state index >= 15 is 0 Å². The number of alkyl halides is 9. The molecule has 6 aliphatic rings. The molecule has 6 heterocycles.